The van der Waals surface area contributed by atoms with Crippen molar-refractivity contribution in [1.82, 2.24) is 5.32 Å². The number of hydrogen-bond acceptors (Lipinski definition) is 4. The molecule has 0 aromatic heterocycles. The molecule has 0 aliphatic carbocycles. The molecule has 0 heterocycles. The third-order valence-electron chi connectivity index (χ3n) is 2.56. The highest BCUT2D eigenvalue weighted by Crippen LogP contribution is 2.17. The van der Waals surface area contributed by atoms with Crippen LogP contribution in [0.15, 0.2) is 24.3 Å². The summed E-state index contributed by atoms with van der Waals surface area (Å²) in [5.41, 5.74) is 0.995. The molecule has 0 fully saturated rings. The molecule has 1 atom stereocenters. The van der Waals surface area contributed by atoms with Crippen molar-refractivity contribution in [1.29, 1.82) is 5.26 Å². The molecule has 1 aromatic rings. The first-order valence-electron chi connectivity index (χ1n) is 5.73. The smallest absolute Gasteiger partial charge is 0.174 e. The van der Waals surface area contributed by atoms with E-state index >= 15 is 0 Å². The fourth-order valence-electron chi connectivity index (χ4n) is 1.49. The quantitative estimate of drug-likeness (QED) is 0.749. The van der Waals surface area contributed by atoms with Crippen molar-refractivity contribution in [2.45, 2.75) is 25.9 Å². The van der Waals surface area contributed by atoms with E-state index in [9.17, 15) is 0 Å². The molecule has 0 bridgehead atoms. The first-order valence-corrected chi connectivity index (χ1v) is 5.73. The molecule has 0 amide bonds. The Balaban J connectivity index is 2.60. The predicted octanol–water partition coefficient (Wildman–Crippen LogP) is 1.45. The van der Waals surface area contributed by atoms with Crippen molar-refractivity contribution in [3.05, 3.63) is 29.8 Å². The lowest BCUT2D eigenvalue weighted by molar-refractivity contribution is 0.237. The number of ether oxygens (including phenoxy) is 1. The summed E-state index contributed by atoms with van der Waals surface area (Å²) in [5, 5.41) is 20.8. The maximum Gasteiger partial charge on any atom is 0.174 e. The minimum atomic E-state index is 0.0498. The van der Waals surface area contributed by atoms with Gasteiger partial charge in [0.15, 0.2) is 6.61 Å². The zero-order valence-corrected chi connectivity index (χ0v) is 10.0. The molecule has 0 aliphatic heterocycles. The van der Waals surface area contributed by atoms with Crippen molar-refractivity contribution in [2.24, 2.45) is 0 Å². The number of nitriles is 1. The minimum absolute atomic E-state index is 0.0498. The Hall–Kier alpha value is -1.57. The van der Waals surface area contributed by atoms with E-state index in [0.29, 0.717) is 12.3 Å². The van der Waals surface area contributed by atoms with Crippen molar-refractivity contribution in [3.63, 3.8) is 0 Å². The SMILES string of the molecule is CC[C@@H](CO)NCc1ccccc1OCC#N. The number of nitrogens with zero attached hydrogens (tertiary/aromatic N) is 1. The monoisotopic (exact) mass is 234 g/mol. The van der Waals surface area contributed by atoms with E-state index in [1.165, 1.54) is 0 Å². The summed E-state index contributed by atoms with van der Waals surface area (Å²) in [5.74, 6) is 0.717. The third-order valence-corrected chi connectivity index (χ3v) is 2.56. The molecule has 1 rings (SSSR count). The summed E-state index contributed by atoms with van der Waals surface area (Å²) in [6.45, 7) is 2.82. The molecule has 0 radical (unpaired) electrons. The van der Waals surface area contributed by atoms with Gasteiger partial charge in [0.05, 0.1) is 6.61 Å². The average molecular weight is 234 g/mol. The summed E-state index contributed by atoms with van der Waals surface area (Å²) in [6, 6.07) is 9.64. The van der Waals surface area contributed by atoms with Crippen LogP contribution in [0.1, 0.15) is 18.9 Å². The molecular formula is C13H18N2O2. The fourth-order valence-corrected chi connectivity index (χ4v) is 1.49. The van der Waals surface area contributed by atoms with Crippen molar-refractivity contribution in [3.8, 4) is 11.8 Å². The van der Waals surface area contributed by atoms with Crippen LogP contribution in [0, 0.1) is 11.3 Å². The van der Waals surface area contributed by atoms with Crippen LogP contribution in [0.4, 0.5) is 0 Å². The van der Waals surface area contributed by atoms with Gasteiger partial charge in [-0.25, -0.2) is 0 Å². The molecule has 0 unspecified atom stereocenters. The molecule has 0 spiro atoms. The van der Waals surface area contributed by atoms with Gasteiger partial charge in [0.1, 0.15) is 11.8 Å². The molecule has 4 nitrogen and oxygen atoms in total. The fraction of sp³-hybridized carbons (Fsp3) is 0.462. The second-order valence-electron chi connectivity index (χ2n) is 3.72. The van der Waals surface area contributed by atoms with E-state index in [4.69, 9.17) is 15.1 Å². The van der Waals surface area contributed by atoms with E-state index in [1.807, 2.05) is 37.3 Å². The van der Waals surface area contributed by atoms with Gasteiger partial charge in [-0.15, -0.1) is 0 Å². The second-order valence-corrected chi connectivity index (χ2v) is 3.72. The van der Waals surface area contributed by atoms with E-state index < -0.39 is 0 Å². The summed E-state index contributed by atoms with van der Waals surface area (Å²) in [6.07, 6.45) is 0.873. The van der Waals surface area contributed by atoms with E-state index in [0.717, 1.165) is 12.0 Å². The Morgan fingerprint density at radius 1 is 1.47 bits per heavy atom. The number of aliphatic hydroxyl groups excluding tert-OH is 1. The minimum Gasteiger partial charge on any atom is -0.478 e. The lowest BCUT2D eigenvalue weighted by atomic mass is 10.1. The maximum absolute atomic E-state index is 9.08. The molecule has 2 N–H and O–H groups in total. The zero-order chi connectivity index (χ0) is 12.5. The normalized spacial score (nSPS) is 11.8. The summed E-state index contributed by atoms with van der Waals surface area (Å²) >= 11 is 0. The third kappa shape index (κ3) is 4.43. The largest absolute Gasteiger partial charge is 0.478 e. The van der Waals surface area contributed by atoms with Crippen LogP contribution in [0.5, 0.6) is 5.75 Å². The number of rotatable bonds is 7. The van der Waals surface area contributed by atoms with E-state index in [-0.39, 0.29) is 19.3 Å². The molecule has 17 heavy (non-hydrogen) atoms. The number of hydrogen-bond donors (Lipinski definition) is 2. The van der Waals surface area contributed by atoms with Gasteiger partial charge in [-0.05, 0) is 12.5 Å². The molecule has 0 saturated carbocycles. The Labute approximate surface area is 102 Å². The van der Waals surface area contributed by atoms with Crippen molar-refractivity contribution < 1.29 is 9.84 Å². The average Bonchev–Trinajstić information content (AvgIpc) is 2.38. The van der Waals surface area contributed by atoms with Gasteiger partial charge in [0, 0.05) is 18.2 Å². The van der Waals surface area contributed by atoms with Gasteiger partial charge >= 0.3 is 0 Å². The van der Waals surface area contributed by atoms with Gasteiger partial charge in [-0.1, -0.05) is 25.1 Å². The first-order chi connectivity index (χ1) is 8.31. The highest BCUT2D eigenvalue weighted by Gasteiger charge is 2.06. The van der Waals surface area contributed by atoms with Gasteiger partial charge in [0.2, 0.25) is 0 Å². The number of para-hydroxylation sites is 1. The summed E-state index contributed by atoms with van der Waals surface area (Å²) < 4.78 is 5.32. The van der Waals surface area contributed by atoms with Crippen LogP contribution in [0.3, 0.4) is 0 Å². The number of benzene rings is 1. The Morgan fingerprint density at radius 3 is 2.88 bits per heavy atom. The second kappa shape index (κ2) is 7.66. The lowest BCUT2D eigenvalue weighted by Gasteiger charge is -2.15. The number of nitrogens with one attached hydrogen (secondary N) is 1. The van der Waals surface area contributed by atoms with Crippen LogP contribution in [0.2, 0.25) is 0 Å². The molecule has 4 heteroatoms. The highest BCUT2D eigenvalue weighted by molar-refractivity contribution is 5.33. The van der Waals surface area contributed by atoms with Crippen LogP contribution < -0.4 is 10.1 Å². The molecular weight excluding hydrogens is 216 g/mol. The lowest BCUT2D eigenvalue weighted by Crippen LogP contribution is -2.31. The molecule has 92 valence electrons. The van der Waals surface area contributed by atoms with Gasteiger partial charge < -0.3 is 15.2 Å². The van der Waals surface area contributed by atoms with Crippen molar-refractivity contribution >= 4 is 0 Å². The summed E-state index contributed by atoms with van der Waals surface area (Å²) in [4.78, 5) is 0. The Kier molecular flexibility index (Phi) is 6.08. The zero-order valence-electron chi connectivity index (χ0n) is 10.0. The van der Waals surface area contributed by atoms with Gasteiger partial charge in [0.25, 0.3) is 0 Å². The van der Waals surface area contributed by atoms with Crippen LogP contribution >= 0.6 is 0 Å². The van der Waals surface area contributed by atoms with Gasteiger partial charge in [-0.3, -0.25) is 0 Å². The van der Waals surface area contributed by atoms with E-state index in [2.05, 4.69) is 5.32 Å². The maximum atomic E-state index is 9.08. The molecule has 0 saturated heterocycles. The van der Waals surface area contributed by atoms with Crippen molar-refractivity contribution in [2.75, 3.05) is 13.2 Å². The number of aliphatic hydroxyl groups is 1. The Morgan fingerprint density at radius 2 is 2.24 bits per heavy atom. The molecule has 1 aromatic carbocycles. The Bertz CT molecular complexity index is 370. The van der Waals surface area contributed by atoms with Crippen LogP contribution in [-0.4, -0.2) is 24.4 Å². The van der Waals surface area contributed by atoms with E-state index in [1.54, 1.807) is 0 Å². The first kappa shape index (κ1) is 13.5. The van der Waals surface area contributed by atoms with Gasteiger partial charge in [-0.2, -0.15) is 5.26 Å². The summed E-state index contributed by atoms with van der Waals surface area (Å²) in [7, 11) is 0. The topological polar surface area (TPSA) is 65.3 Å². The molecule has 0 aliphatic rings. The predicted molar refractivity (Wildman–Crippen MR) is 65.6 cm³/mol. The van der Waals surface area contributed by atoms with Crippen LogP contribution in [-0.2, 0) is 6.54 Å². The van der Waals surface area contributed by atoms with Crippen LogP contribution in [0.25, 0.3) is 0 Å². The highest BCUT2D eigenvalue weighted by atomic mass is 16.5. The standard InChI is InChI=1S/C13H18N2O2/c1-2-12(10-16)15-9-11-5-3-4-6-13(11)17-8-7-14/h3-6,12,15-16H,2,8-10H2,1H3/t12-/m0/s1.